The van der Waals surface area contributed by atoms with Crippen LogP contribution >= 0.6 is 0 Å². The molecule has 122 valence electrons. The number of ether oxygens (including phenoxy) is 1. The fourth-order valence-corrected chi connectivity index (χ4v) is 4.04. The van der Waals surface area contributed by atoms with Crippen molar-refractivity contribution in [2.45, 2.75) is 40.5 Å². The minimum absolute atomic E-state index is 0.0246. The highest BCUT2D eigenvalue weighted by Gasteiger charge is 2.63. The number of rotatable bonds is 3. The van der Waals surface area contributed by atoms with Gasteiger partial charge in [0, 0.05) is 29.8 Å². The molecule has 0 aliphatic heterocycles. The Labute approximate surface area is 136 Å². The molecule has 2 saturated carbocycles. The zero-order chi connectivity index (χ0) is 16.8. The number of fused-ring (bicyclic) bond motifs is 2. The van der Waals surface area contributed by atoms with Crippen molar-refractivity contribution < 1.29 is 14.3 Å². The number of carbonyl (C=O) groups is 2. The summed E-state index contributed by atoms with van der Waals surface area (Å²) in [6.07, 6.45) is 3.92. The van der Waals surface area contributed by atoms with Crippen LogP contribution in [0.15, 0.2) is 36.0 Å². The Balaban J connectivity index is 1.76. The normalized spacial score (nSPS) is 29.8. The van der Waals surface area contributed by atoms with Gasteiger partial charge in [0.2, 0.25) is 0 Å². The van der Waals surface area contributed by atoms with E-state index in [9.17, 15) is 9.59 Å². The van der Waals surface area contributed by atoms with Crippen molar-refractivity contribution in [1.29, 1.82) is 0 Å². The van der Waals surface area contributed by atoms with Gasteiger partial charge in [-0.3, -0.25) is 9.59 Å². The van der Waals surface area contributed by atoms with Gasteiger partial charge in [-0.15, -0.1) is 0 Å². The van der Waals surface area contributed by atoms with E-state index in [2.05, 4.69) is 26.1 Å². The number of benzene rings is 1. The molecule has 4 heteroatoms. The van der Waals surface area contributed by atoms with Gasteiger partial charge in [0.15, 0.2) is 5.78 Å². The molecule has 3 rings (SSSR count). The Bertz CT molecular complexity index is 687. The van der Waals surface area contributed by atoms with E-state index < -0.39 is 0 Å². The summed E-state index contributed by atoms with van der Waals surface area (Å²) in [5.41, 5.74) is 1.57. The maximum Gasteiger partial charge on any atom is 0.308 e. The molecule has 0 heterocycles. The van der Waals surface area contributed by atoms with E-state index >= 15 is 0 Å². The van der Waals surface area contributed by atoms with Gasteiger partial charge < -0.3 is 10.1 Å². The molecule has 1 N–H and O–H groups in total. The van der Waals surface area contributed by atoms with Crippen molar-refractivity contribution >= 4 is 17.4 Å². The quantitative estimate of drug-likeness (QED) is 0.522. The number of hydrogen-bond donors (Lipinski definition) is 1. The van der Waals surface area contributed by atoms with Gasteiger partial charge in [0.05, 0.1) is 0 Å². The molecular formula is C19H23NO3. The van der Waals surface area contributed by atoms with Crippen molar-refractivity contribution in [3.8, 4) is 5.75 Å². The zero-order valence-corrected chi connectivity index (χ0v) is 14.1. The first-order valence-electron chi connectivity index (χ1n) is 8.05. The highest BCUT2D eigenvalue weighted by Crippen LogP contribution is 2.65. The van der Waals surface area contributed by atoms with Crippen molar-refractivity contribution in [2.24, 2.45) is 16.7 Å². The second-order valence-corrected chi connectivity index (χ2v) is 7.34. The molecule has 2 aliphatic carbocycles. The second-order valence-electron chi connectivity index (χ2n) is 7.34. The van der Waals surface area contributed by atoms with Gasteiger partial charge >= 0.3 is 5.97 Å². The van der Waals surface area contributed by atoms with Crippen molar-refractivity contribution in [2.75, 3.05) is 5.32 Å². The van der Waals surface area contributed by atoms with Crippen LogP contribution in [0.2, 0.25) is 0 Å². The number of nitrogens with one attached hydrogen (secondary N) is 1. The Morgan fingerprint density at radius 1 is 1.26 bits per heavy atom. The van der Waals surface area contributed by atoms with Gasteiger partial charge in [0.1, 0.15) is 5.75 Å². The number of hydrogen-bond acceptors (Lipinski definition) is 4. The lowest BCUT2D eigenvalue weighted by atomic mass is 9.70. The third kappa shape index (κ3) is 2.37. The summed E-state index contributed by atoms with van der Waals surface area (Å²) in [5, 5.41) is 3.21. The van der Waals surface area contributed by atoms with E-state index in [0.29, 0.717) is 11.7 Å². The van der Waals surface area contributed by atoms with Gasteiger partial charge in [-0.1, -0.05) is 20.8 Å². The number of anilines is 1. The number of ketones is 1. The fourth-order valence-electron chi connectivity index (χ4n) is 4.04. The molecule has 23 heavy (non-hydrogen) atoms. The van der Waals surface area contributed by atoms with Gasteiger partial charge in [-0.2, -0.15) is 0 Å². The molecule has 4 nitrogen and oxygen atoms in total. The van der Waals surface area contributed by atoms with Crippen LogP contribution in [-0.4, -0.2) is 11.8 Å². The van der Waals surface area contributed by atoms with E-state index in [4.69, 9.17) is 4.74 Å². The van der Waals surface area contributed by atoms with Crippen LogP contribution < -0.4 is 10.1 Å². The molecule has 0 saturated heterocycles. The molecule has 2 bridgehead atoms. The van der Waals surface area contributed by atoms with E-state index in [1.807, 2.05) is 18.3 Å². The van der Waals surface area contributed by atoms with Gasteiger partial charge in [-0.25, -0.2) is 0 Å². The summed E-state index contributed by atoms with van der Waals surface area (Å²) < 4.78 is 5.01. The van der Waals surface area contributed by atoms with Crippen molar-refractivity contribution in [3.05, 3.63) is 36.0 Å². The third-order valence-corrected chi connectivity index (χ3v) is 5.88. The lowest BCUT2D eigenvalue weighted by Crippen LogP contribution is -2.32. The molecule has 2 atom stereocenters. The van der Waals surface area contributed by atoms with Crippen LogP contribution in [0.3, 0.4) is 0 Å². The second kappa shape index (κ2) is 5.22. The maximum atomic E-state index is 12.7. The minimum atomic E-state index is -0.337. The minimum Gasteiger partial charge on any atom is -0.427 e. The fraction of sp³-hybridized carbons (Fsp3) is 0.474. The maximum absolute atomic E-state index is 12.7. The predicted octanol–water partition coefficient (Wildman–Crippen LogP) is 3.93. The predicted molar refractivity (Wildman–Crippen MR) is 89.1 cm³/mol. The summed E-state index contributed by atoms with van der Waals surface area (Å²) in [7, 11) is 0. The highest BCUT2D eigenvalue weighted by atomic mass is 16.5. The smallest absolute Gasteiger partial charge is 0.308 e. The Kier molecular flexibility index (Phi) is 3.58. The van der Waals surface area contributed by atoms with Crippen molar-refractivity contribution in [1.82, 2.24) is 0 Å². The largest absolute Gasteiger partial charge is 0.427 e. The van der Waals surface area contributed by atoms with Crippen molar-refractivity contribution in [3.63, 3.8) is 0 Å². The average molecular weight is 313 g/mol. The monoisotopic (exact) mass is 313 g/mol. The SMILES string of the molecule is CC(=O)Oc1ccc(NC=C2C(=O)[C@@]3(C)CC[C@H]2C3(C)C)cc1. The van der Waals surface area contributed by atoms with E-state index in [1.165, 1.54) is 6.92 Å². The van der Waals surface area contributed by atoms with Crippen LogP contribution in [0.1, 0.15) is 40.5 Å². The lowest BCUT2D eigenvalue weighted by Gasteiger charge is -2.31. The van der Waals surface area contributed by atoms with Crippen LogP contribution in [0.4, 0.5) is 5.69 Å². The Morgan fingerprint density at radius 3 is 2.43 bits per heavy atom. The topological polar surface area (TPSA) is 55.4 Å². The Morgan fingerprint density at radius 2 is 1.91 bits per heavy atom. The molecule has 0 radical (unpaired) electrons. The van der Waals surface area contributed by atoms with E-state index in [1.54, 1.807) is 12.1 Å². The summed E-state index contributed by atoms with van der Waals surface area (Å²) in [6, 6.07) is 7.13. The summed E-state index contributed by atoms with van der Waals surface area (Å²) in [4.78, 5) is 23.6. The average Bonchev–Trinajstić information content (AvgIpc) is 2.79. The molecule has 0 spiro atoms. The van der Waals surface area contributed by atoms with Crippen LogP contribution in [-0.2, 0) is 9.59 Å². The van der Waals surface area contributed by atoms with Gasteiger partial charge in [-0.05, 0) is 48.4 Å². The standard InChI is InChI=1S/C19H23NO3/c1-12(21)23-14-7-5-13(6-8-14)20-11-15-16-9-10-19(4,17(15)22)18(16,2)3/h5-8,11,16,20H,9-10H2,1-4H3/t16-,19-/m1/s1. The molecule has 2 fully saturated rings. The highest BCUT2D eigenvalue weighted by molar-refractivity contribution is 6.04. The van der Waals surface area contributed by atoms with E-state index in [0.717, 1.165) is 24.1 Å². The summed E-state index contributed by atoms with van der Waals surface area (Å²) in [6.45, 7) is 7.89. The first kappa shape index (κ1) is 15.8. The Hall–Kier alpha value is -2.10. The summed E-state index contributed by atoms with van der Waals surface area (Å²) in [5.74, 6) is 0.784. The molecule has 2 aliphatic rings. The molecule has 1 aromatic carbocycles. The molecule has 0 aromatic heterocycles. The first-order chi connectivity index (χ1) is 10.8. The van der Waals surface area contributed by atoms with E-state index in [-0.39, 0.29) is 22.6 Å². The third-order valence-electron chi connectivity index (χ3n) is 5.88. The molecule has 0 amide bonds. The molecule has 1 aromatic rings. The first-order valence-corrected chi connectivity index (χ1v) is 8.05. The molecule has 0 unspecified atom stereocenters. The zero-order valence-electron chi connectivity index (χ0n) is 14.1. The lowest BCUT2D eigenvalue weighted by molar-refractivity contribution is -0.132. The van der Waals surface area contributed by atoms with Gasteiger partial charge in [0.25, 0.3) is 0 Å². The van der Waals surface area contributed by atoms with Crippen LogP contribution in [0.5, 0.6) is 5.75 Å². The van der Waals surface area contributed by atoms with Crippen LogP contribution in [0.25, 0.3) is 0 Å². The number of allylic oxidation sites excluding steroid dienone is 1. The number of Topliss-reactive ketones (excluding diaryl/α,β-unsaturated/α-hetero) is 1. The van der Waals surface area contributed by atoms with Crippen LogP contribution in [0, 0.1) is 16.7 Å². The number of carbonyl (C=O) groups excluding carboxylic acids is 2. The molecular weight excluding hydrogens is 290 g/mol. The summed E-state index contributed by atoms with van der Waals surface area (Å²) >= 11 is 0. The number of esters is 1.